The number of ether oxygens (including phenoxy) is 1. The van der Waals surface area contributed by atoms with Gasteiger partial charge in [0, 0.05) is 7.05 Å². The standard InChI is InChI=1S/C13H12N2O4S/c1-15-12(18)10(14-13(15)20)6-8-2-4-9(5-3-8)19-7-11(16)17/h2-6H,7H2,1H3,(H,14,20)(H,16,17)/p-1. The van der Waals surface area contributed by atoms with Gasteiger partial charge in [0.25, 0.3) is 5.91 Å². The van der Waals surface area contributed by atoms with Crippen LogP contribution in [0.3, 0.4) is 0 Å². The van der Waals surface area contributed by atoms with E-state index in [4.69, 9.17) is 17.0 Å². The predicted octanol–water partition coefficient (Wildman–Crippen LogP) is -0.497. The van der Waals surface area contributed by atoms with Crippen LogP contribution in [0.25, 0.3) is 6.08 Å². The van der Waals surface area contributed by atoms with Crippen LogP contribution in [0.5, 0.6) is 5.75 Å². The van der Waals surface area contributed by atoms with Crippen molar-refractivity contribution in [3.05, 3.63) is 35.5 Å². The third-order valence-corrected chi connectivity index (χ3v) is 3.00. The Balaban J connectivity index is 2.09. The molecule has 1 aromatic carbocycles. The summed E-state index contributed by atoms with van der Waals surface area (Å²) in [6, 6.07) is 6.62. The van der Waals surface area contributed by atoms with Crippen molar-refractivity contribution in [3.8, 4) is 5.75 Å². The third-order valence-electron chi connectivity index (χ3n) is 2.63. The molecule has 0 unspecified atom stereocenters. The molecule has 0 radical (unpaired) electrons. The zero-order valence-corrected chi connectivity index (χ0v) is 11.4. The molecule has 2 rings (SSSR count). The molecule has 0 bridgehead atoms. The van der Waals surface area contributed by atoms with Gasteiger partial charge in [0.05, 0.1) is 5.97 Å². The van der Waals surface area contributed by atoms with Crippen molar-refractivity contribution in [3.63, 3.8) is 0 Å². The second-order valence-corrected chi connectivity index (χ2v) is 4.47. The Morgan fingerprint density at radius 3 is 2.60 bits per heavy atom. The summed E-state index contributed by atoms with van der Waals surface area (Å²) < 4.78 is 4.95. The number of hydrogen-bond acceptors (Lipinski definition) is 5. The highest BCUT2D eigenvalue weighted by Gasteiger charge is 2.26. The molecule has 0 saturated carbocycles. The first kappa shape index (κ1) is 14.0. The fraction of sp³-hybridized carbons (Fsp3) is 0.154. The van der Waals surface area contributed by atoms with E-state index in [9.17, 15) is 14.7 Å². The van der Waals surface area contributed by atoms with Gasteiger partial charge in [-0.15, -0.1) is 0 Å². The number of amides is 1. The average molecular weight is 291 g/mol. The lowest BCUT2D eigenvalue weighted by molar-refractivity contribution is -0.307. The summed E-state index contributed by atoms with van der Waals surface area (Å²) in [4.78, 5) is 23.4. The van der Waals surface area contributed by atoms with Crippen LogP contribution in [0.1, 0.15) is 5.56 Å². The number of thiocarbonyl (C=S) groups is 1. The Hall–Kier alpha value is -2.41. The highest BCUT2D eigenvalue weighted by Crippen LogP contribution is 2.16. The summed E-state index contributed by atoms with van der Waals surface area (Å²) in [7, 11) is 1.59. The van der Waals surface area contributed by atoms with Crippen LogP contribution in [0, 0.1) is 0 Å². The molecule has 104 valence electrons. The quantitative estimate of drug-likeness (QED) is 0.595. The van der Waals surface area contributed by atoms with E-state index in [-0.39, 0.29) is 5.91 Å². The minimum Gasteiger partial charge on any atom is -0.546 e. The van der Waals surface area contributed by atoms with Crippen LogP contribution in [0.4, 0.5) is 0 Å². The summed E-state index contributed by atoms with van der Waals surface area (Å²) in [6.45, 7) is -0.500. The number of carbonyl (C=O) groups excluding carboxylic acids is 2. The van der Waals surface area contributed by atoms with Crippen molar-refractivity contribution in [2.75, 3.05) is 13.7 Å². The summed E-state index contributed by atoms with van der Waals surface area (Å²) in [5.74, 6) is -1.07. The Kier molecular flexibility index (Phi) is 3.99. The Bertz CT molecular complexity index is 595. The van der Waals surface area contributed by atoms with Gasteiger partial charge in [0.1, 0.15) is 18.1 Å². The second kappa shape index (κ2) is 5.70. The Labute approximate surface area is 120 Å². The highest BCUT2D eigenvalue weighted by atomic mass is 32.1. The van der Waals surface area contributed by atoms with Gasteiger partial charge in [-0.3, -0.25) is 9.69 Å². The molecule has 1 aromatic rings. The van der Waals surface area contributed by atoms with E-state index in [1.165, 1.54) is 4.90 Å². The van der Waals surface area contributed by atoms with E-state index >= 15 is 0 Å². The Morgan fingerprint density at radius 2 is 2.10 bits per heavy atom. The van der Waals surface area contributed by atoms with Gasteiger partial charge in [-0.05, 0) is 36.0 Å². The molecule has 6 nitrogen and oxygen atoms in total. The van der Waals surface area contributed by atoms with E-state index in [2.05, 4.69) is 5.32 Å². The second-order valence-electron chi connectivity index (χ2n) is 4.08. The molecular formula is C13H11N2O4S-. The number of benzene rings is 1. The number of nitrogens with zero attached hydrogens (tertiary/aromatic N) is 1. The van der Waals surface area contributed by atoms with Crippen molar-refractivity contribution in [2.24, 2.45) is 0 Å². The number of aliphatic carboxylic acids is 1. The van der Waals surface area contributed by atoms with Crippen molar-refractivity contribution >= 4 is 35.3 Å². The van der Waals surface area contributed by atoms with Crippen molar-refractivity contribution in [2.45, 2.75) is 0 Å². The van der Waals surface area contributed by atoms with Gasteiger partial charge >= 0.3 is 0 Å². The number of rotatable bonds is 4. The van der Waals surface area contributed by atoms with Crippen LogP contribution in [-0.4, -0.2) is 35.5 Å². The van der Waals surface area contributed by atoms with Crippen LogP contribution < -0.4 is 15.2 Å². The van der Waals surface area contributed by atoms with Crippen LogP contribution >= 0.6 is 12.2 Å². The first-order chi connectivity index (χ1) is 9.47. The Morgan fingerprint density at radius 1 is 1.45 bits per heavy atom. The van der Waals surface area contributed by atoms with Gasteiger partial charge in [0.15, 0.2) is 5.11 Å². The zero-order chi connectivity index (χ0) is 14.7. The van der Waals surface area contributed by atoms with Gasteiger partial charge in [-0.2, -0.15) is 0 Å². The van der Waals surface area contributed by atoms with E-state index < -0.39 is 12.6 Å². The number of nitrogens with one attached hydrogen (secondary N) is 1. The summed E-state index contributed by atoms with van der Waals surface area (Å²) in [5, 5.41) is 13.4. The number of hydrogen-bond donors (Lipinski definition) is 1. The molecule has 1 aliphatic rings. The van der Waals surface area contributed by atoms with E-state index in [1.54, 1.807) is 37.4 Å². The molecule has 1 N–H and O–H groups in total. The lowest BCUT2D eigenvalue weighted by Gasteiger charge is -2.06. The number of carboxylic acid groups (broad SMARTS) is 1. The van der Waals surface area contributed by atoms with Crippen molar-refractivity contribution in [1.82, 2.24) is 10.2 Å². The normalized spacial score (nSPS) is 16.4. The SMILES string of the molecule is CN1C(=O)C(=Cc2ccc(OCC(=O)[O-])cc2)NC1=S. The molecule has 1 saturated heterocycles. The maximum Gasteiger partial charge on any atom is 0.276 e. The summed E-state index contributed by atoms with van der Waals surface area (Å²) in [6.07, 6.45) is 1.65. The zero-order valence-electron chi connectivity index (χ0n) is 10.6. The van der Waals surface area contributed by atoms with E-state index in [0.717, 1.165) is 5.56 Å². The predicted molar refractivity (Wildman–Crippen MR) is 73.4 cm³/mol. The van der Waals surface area contributed by atoms with Crippen molar-refractivity contribution < 1.29 is 19.4 Å². The largest absolute Gasteiger partial charge is 0.546 e. The molecule has 7 heteroatoms. The van der Waals surface area contributed by atoms with E-state index in [0.29, 0.717) is 16.6 Å². The smallest absolute Gasteiger partial charge is 0.276 e. The lowest BCUT2D eigenvalue weighted by atomic mass is 10.2. The molecule has 1 fully saturated rings. The molecule has 0 aliphatic carbocycles. The lowest BCUT2D eigenvalue weighted by Crippen LogP contribution is -2.28. The number of carboxylic acids is 1. The molecule has 20 heavy (non-hydrogen) atoms. The third kappa shape index (κ3) is 3.12. The van der Waals surface area contributed by atoms with Gasteiger partial charge in [0.2, 0.25) is 0 Å². The molecular weight excluding hydrogens is 280 g/mol. The number of carbonyl (C=O) groups is 2. The number of likely N-dealkylation sites (N-methyl/N-ethyl adjacent to an activating group) is 1. The molecule has 1 amide bonds. The first-order valence-corrected chi connectivity index (χ1v) is 6.11. The highest BCUT2D eigenvalue weighted by molar-refractivity contribution is 7.80. The van der Waals surface area contributed by atoms with E-state index in [1.807, 2.05) is 0 Å². The minimum atomic E-state index is -1.28. The maximum absolute atomic E-state index is 11.8. The van der Waals surface area contributed by atoms with Crippen molar-refractivity contribution in [1.29, 1.82) is 0 Å². The maximum atomic E-state index is 11.8. The monoisotopic (exact) mass is 291 g/mol. The van der Waals surface area contributed by atoms with Crippen LogP contribution in [-0.2, 0) is 9.59 Å². The topological polar surface area (TPSA) is 81.7 Å². The molecule has 1 aliphatic heterocycles. The van der Waals surface area contributed by atoms with Gasteiger partial charge < -0.3 is 20.0 Å². The minimum absolute atomic E-state index is 0.202. The van der Waals surface area contributed by atoms with Crippen LogP contribution in [0.15, 0.2) is 30.0 Å². The average Bonchev–Trinajstić information content (AvgIpc) is 2.65. The van der Waals surface area contributed by atoms with Crippen LogP contribution in [0.2, 0.25) is 0 Å². The van der Waals surface area contributed by atoms with Gasteiger partial charge in [-0.25, -0.2) is 0 Å². The molecule has 0 aromatic heterocycles. The molecule has 0 atom stereocenters. The fourth-order valence-electron chi connectivity index (χ4n) is 1.59. The molecule has 1 heterocycles. The summed E-state index contributed by atoms with van der Waals surface area (Å²) in [5.41, 5.74) is 1.15. The molecule has 0 spiro atoms. The van der Waals surface area contributed by atoms with Gasteiger partial charge in [-0.1, -0.05) is 12.1 Å². The first-order valence-electron chi connectivity index (χ1n) is 5.71. The summed E-state index contributed by atoms with van der Waals surface area (Å²) >= 11 is 4.96. The fourth-order valence-corrected chi connectivity index (χ4v) is 1.79.